The van der Waals surface area contributed by atoms with Crippen LogP contribution < -0.4 is 0 Å². The first-order chi connectivity index (χ1) is 12.6. The Labute approximate surface area is 159 Å². The molecular formula is C19H27NO6S. The number of nitrogens with zero attached hydrogens (tertiary/aromatic N) is 1. The number of carboxylic acids is 1. The van der Waals surface area contributed by atoms with Crippen molar-refractivity contribution in [3.05, 3.63) is 35.9 Å². The Hall–Kier alpha value is -1.93. The topological polar surface area (TPSA) is 112 Å². The smallest absolute Gasteiger partial charge is 0.307 e. The number of aliphatic hydroxyl groups is 1. The number of hydrogen-bond acceptors (Lipinski definition) is 5. The van der Waals surface area contributed by atoms with Gasteiger partial charge in [-0.2, -0.15) is 0 Å². The van der Waals surface area contributed by atoms with Crippen molar-refractivity contribution in [2.75, 3.05) is 18.9 Å². The zero-order valence-electron chi connectivity index (χ0n) is 15.7. The molecule has 2 atom stereocenters. The fourth-order valence-electron chi connectivity index (χ4n) is 3.36. The number of rotatable bonds is 8. The van der Waals surface area contributed by atoms with Crippen LogP contribution in [0.5, 0.6) is 0 Å². The monoisotopic (exact) mass is 397 g/mol. The average molecular weight is 397 g/mol. The van der Waals surface area contributed by atoms with Gasteiger partial charge in [0.2, 0.25) is 5.91 Å². The van der Waals surface area contributed by atoms with Gasteiger partial charge >= 0.3 is 5.97 Å². The van der Waals surface area contributed by atoms with E-state index in [0.29, 0.717) is 19.4 Å². The van der Waals surface area contributed by atoms with Crippen molar-refractivity contribution in [3.63, 3.8) is 0 Å². The zero-order chi connectivity index (χ0) is 20.2. The van der Waals surface area contributed by atoms with Crippen LogP contribution in [0.4, 0.5) is 0 Å². The van der Waals surface area contributed by atoms with E-state index in [1.807, 2.05) is 0 Å². The van der Waals surface area contributed by atoms with Gasteiger partial charge in [-0.25, -0.2) is 8.42 Å². The largest absolute Gasteiger partial charge is 0.481 e. The first kappa shape index (κ1) is 21.4. The third-order valence-electron chi connectivity index (χ3n) is 5.24. The second-order valence-corrected chi connectivity index (χ2v) is 10.1. The van der Waals surface area contributed by atoms with Gasteiger partial charge in [0.1, 0.15) is 4.75 Å². The molecule has 1 aromatic carbocycles. The van der Waals surface area contributed by atoms with E-state index in [9.17, 15) is 28.2 Å². The Balaban J connectivity index is 2.20. The number of aliphatic hydroxyl groups excluding tert-OH is 1. The number of sulfone groups is 1. The van der Waals surface area contributed by atoms with E-state index >= 15 is 0 Å². The van der Waals surface area contributed by atoms with Crippen molar-refractivity contribution in [2.45, 2.75) is 43.9 Å². The summed E-state index contributed by atoms with van der Waals surface area (Å²) < 4.78 is 24.2. The SMILES string of the molecule is CC(C)(C(=O)N1CCC[C@@H]1CO)S(=O)(=O)C[C@@H](Cc1ccccc1)C(=O)O. The molecule has 1 aromatic rings. The van der Waals surface area contributed by atoms with Gasteiger partial charge in [0.25, 0.3) is 0 Å². The lowest BCUT2D eigenvalue weighted by molar-refractivity contribution is -0.141. The van der Waals surface area contributed by atoms with Crippen molar-refractivity contribution in [1.82, 2.24) is 4.90 Å². The van der Waals surface area contributed by atoms with Crippen molar-refractivity contribution in [1.29, 1.82) is 0 Å². The third-order valence-corrected chi connectivity index (χ3v) is 7.81. The standard InChI is InChI=1S/C19H27NO6S/c1-19(2,18(24)20-10-6-9-16(20)12-21)27(25,26)13-15(17(22)23)11-14-7-4-3-5-8-14/h3-5,7-8,15-16,21H,6,9-13H2,1-2H3,(H,22,23)/t15-,16-/m1/s1. The molecule has 1 amide bonds. The van der Waals surface area contributed by atoms with Crippen LogP contribution in [0.25, 0.3) is 0 Å². The van der Waals surface area contributed by atoms with Gasteiger partial charge in [-0.3, -0.25) is 9.59 Å². The van der Waals surface area contributed by atoms with E-state index in [1.165, 1.54) is 18.7 Å². The lowest BCUT2D eigenvalue weighted by atomic mass is 10.0. The van der Waals surface area contributed by atoms with E-state index < -0.39 is 38.1 Å². The summed E-state index contributed by atoms with van der Waals surface area (Å²) in [4.78, 5) is 25.9. The highest BCUT2D eigenvalue weighted by molar-refractivity contribution is 7.93. The van der Waals surface area contributed by atoms with E-state index in [4.69, 9.17) is 0 Å². The first-order valence-corrected chi connectivity index (χ1v) is 10.7. The Morgan fingerprint density at radius 3 is 2.44 bits per heavy atom. The average Bonchev–Trinajstić information content (AvgIpc) is 3.09. The lowest BCUT2D eigenvalue weighted by Gasteiger charge is -2.32. The second kappa shape index (κ2) is 8.39. The fraction of sp³-hybridized carbons (Fsp3) is 0.579. The summed E-state index contributed by atoms with van der Waals surface area (Å²) in [5.74, 6) is -3.55. The Morgan fingerprint density at radius 1 is 1.26 bits per heavy atom. The number of carbonyl (C=O) groups is 2. The third kappa shape index (κ3) is 4.68. The summed E-state index contributed by atoms with van der Waals surface area (Å²) in [6, 6.07) is 8.43. The van der Waals surface area contributed by atoms with Crippen LogP contribution in [-0.4, -0.2) is 65.1 Å². The molecule has 0 radical (unpaired) electrons. The molecule has 0 aromatic heterocycles. The van der Waals surface area contributed by atoms with Crippen molar-refractivity contribution in [2.24, 2.45) is 5.92 Å². The highest BCUT2D eigenvalue weighted by atomic mass is 32.2. The van der Waals surface area contributed by atoms with Gasteiger partial charge < -0.3 is 15.1 Å². The van der Waals surface area contributed by atoms with Gasteiger partial charge in [0.15, 0.2) is 9.84 Å². The molecule has 0 spiro atoms. The first-order valence-electron chi connectivity index (χ1n) is 9.01. The Morgan fingerprint density at radius 2 is 1.89 bits per heavy atom. The maximum absolute atomic E-state index is 13.0. The van der Waals surface area contributed by atoms with Gasteiger partial charge in [-0.1, -0.05) is 30.3 Å². The molecular weight excluding hydrogens is 370 g/mol. The highest BCUT2D eigenvalue weighted by Crippen LogP contribution is 2.28. The minimum atomic E-state index is -4.05. The van der Waals surface area contributed by atoms with Crippen LogP contribution in [0.3, 0.4) is 0 Å². The minimum absolute atomic E-state index is 0.0721. The summed E-state index contributed by atoms with van der Waals surface area (Å²) >= 11 is 0. The Bertz CT molecular complexity index is 775. The molecule has 7 nitrogen and oxygen atoms in total. The van der Waals surface area contributed by atoms with E-state index in [1.54, 1.807) is 30.3 Å². The molecule has 150 valence electrons. The van der Waals surface area contributed by atoms with E-state index in [2.05, 4.69) is 0 Å². The highest BCUT2D eigenvalue weighted by Gasteiger charge is 2.47. The number of carboxylic acid groups (broad SMARTS) is 1. The maximum Gasteiger partial charge on any atom is 0.307 e. The molecule has 1 aliphatic rings. The molecule has 1 saturated heterocycles. The molecule has 8 heteroatoms. The van der Waals surface area contributed by atoms with Crippen molar-refractivity contribution in [3.8, 4) is 0 Å². The number of hydrogen-bond donors (Lipinski definition) is 2. The predicted octanol–water partition coefficient (Wildman–Crippen LogP) is 1.11. The quantitative estimate of drug-likeness (QED) is 0.680. The second-order valence-electron chi connectivity index (χ2n) is 7.49. The minimum Gasteiger partial charge on any atom is -0.481 e. The van der Waals surface area contributed by atoms with Gasteiger partial charge in [-0.05, 0) is 38.7 Å². The van der Waals surface area contributed by atoms with E-state index in [0.717, 1.165) is 5.56 Å². The molecule has 0 bridgehead atoms. The van der Waals surface area contributed by atoms with E-state index in [-0.39, 0.29) is 19.1 Å². The normalized spacial score (nSPS) is 19.1. The number of likely N-dealkylation sites (tertiary alicyclic amines) is 1. The van der Waals surface area contributed by atoms with Crippen molar-refractivity contribution < 1.29 is 28.2 Å². The van der Waals surface area contributed by atoms with Crippen LogP contribution in [-0.2, 0) is 25.8 Å². The summed E-state index contributed by atoms with van der Waals surface area (Å²) in [6.07, 6.45) is 1.41. The molecule has 1 aliphatic heterocycles. The summed E-state index contributed by atoms with van der Waals surface area (Å²) in [7, 11) is -4.05. The molecule has 0 saturated carbocycles. The molecule has 27 heavy (non-hydrogen) atoms. The molecule has 0 unspecified atom stereocenters. The number of carbonyl (C=O) groups excluding carboxylic acids is 1. The van der Waals surface area contributed by atoms with Crippen LogP contribution in [0, 0.1) is 5.92 Å². The zero-order valence-corrected chi connectivity index (χ0v) is 16.5. The number of benzene rings is 1. The number of amides is 1. The van der Waals surface area contributed by atoms with Crippen molar-refractivity contribution >= 4 is 21.7 Å². The Kier molecular flexibility index (Phi) is 6.64. The fourth-order valence-corrected chi connectivity index (χ4v) is 4.95. The van der Waals surface area contributed by atoms with Gasteiger partial charge in [0.05, 0.1) is 24.3 Å². The molecule has 1 heterocycles. The maximum atomic E-state index is 13.0. The van der Waals surface area contributed by atoms with Crippen LogP contribution >= 0.6 is 0 Å². The van der Waals surface area contributed by atoms with Crippen LogP contribution in [0.15, 0.2) is 30.3 Å². The molecule has 1 fully saturated rings. The molecule has 2 N–H and O–H groups in total. The predicted molar refractivity (Wildman–Crippen MR) is 101 cm³/mol. The van der Waals surface area contributed by atoms with Gasteiger partial charge in [0, 0.05) is 6.54 Å². The van der Waals surface area contributed by atoms with Crippen LogP contribution in [0.1, 0.15) is 32.3 Å². The number of aliphatic carboxylic acids is 1. The molecule has 0 aliphatic carbocycles. The summed E-state index contributed by atoms with van der Waals surface area (Å²) in [5, 5.41) is 18.9. The lowest BCUT2D eigenvalue weighted by Crippen LogP contribution is -2.53. The summed E-state index contributed by atoms with van der Waals surface area (Å²) in [6.45, 7) is 2.82. The van der Waals surface area contributed by atoms with Gasteiger partial charge in [-0.15, -0.1) is 0 Å². The molecule has 2 rings (SSSR count). The summed E-state index contributed by atoms with van der Waals surface area (Å²) in [5.41, 5.74) is 0.726. The van der Waals surface area contributed by atoms with Crippen LogP contribution in [0.2, 0.25) is 0 Å².